The van der Waals surface area contributed by atoms with Crippen LogP contribution in [0.1, 0.15) is 45.2 Å². The topological polar surface area (TPSA) is 72.9 Å². The van der Waals surface area contributed by atoms with Gasteiger partial charge in [0.05, 0.1) is 12.0 Å². The molecule has 0 saturated carbocycles. The Morgan fingerprint density at radius 2 is 1.47 bits per heavy atom. The maximum Gasteiger partial charge on any atom is 0.417 e. The van der Waals surface area contributed by atoms with Crippen LogP contribution in [0.4, 0.5) is 4.79 Å². The van der Waals surface area contributed by atoms with Gasteiger partial charge in [0.1, 0.15) is 11.6 Å². The molecule has 2 aromatic rings. The molecule has 1 atom stereocenters. The lowest BCUT2D eigenvalue weighted by molar-refractivity contribution is -0.151. The second-order valence-electron chi connectivity index (χ2n) is 9.23. The fourth-order valence-corrected chi connectivity index (χ4v) is 4.23. The monoisotopic (exact) mass is 437 g/mol. The summed E-state index contributed by atoms with van der Waals surface area (Å²) in [6.45, 7) is 7.05. The van der Waals surface area contributed by atoms with Crippen LogP contribution in [-0.2, 0) is 31.9 Å². The molecule has 6 nitrogen and oxygen atoms in total. The number of rotatable bonds is 6. The van der Waals surface area contributed by atoms with Crippen molar-refractivity contribution in [1.82, 2.24) is 4.90 Å². The summed E-state index contributed by atoms with van der Waals surface area (Å²) in [4.78, 5) is 40.8. The molecule has 0 radical (unpaired) electrons. The number of hydrogen-bond acceptors (Lipinski definition) is 5. The molecule has 2 amide bonds. The van der Waals surface area contributed by atoms with Crippen LogP contribution in [0.2, 0.25) is 0 Å². The molecule has 0 aromatic heterocycles. The quantitative estimate of drug-likeness (QED) is 0.620. The van der Waals surface area contributed by atoms with E-state index in [1.54, 1.807) is 27.7 Å². The molecule has 3 rings (SSSR count). The van der Waals surface area contributed by atoms with Gasteiger partial charge in [-0.25, -0.2) is 14.5 Å². The number of esters is 1. The average molecular weight is 438 g/mol. The van der Waals surface area contributed by atoms with Crippen molar-refractivity contribution < 1.29 is 23.9 Å². The number of benzene rings is 2. The van der Waals surface area contributed by atoms with E-state index < -0.39 is 35.0 Å². The minimum Gasteiger partial charge on any atom is -0.464 e. The molecule has 170 valence electrons. The minimum atomic E-state index is -1.02. The fourth-order valence-electron chi connectivity index (χ4n) is 4.23. The maximum absolute atomic E-state index is 13.9. The summed E-state index contributed by atoms with van der Waals surface area (Å²) in [5, 5.41) is 0. The van der Waals surface area contributed by atoms with Gasteiger partial charge >= 0.3 is 12.1 Å². The Labute approximate surface area is 189 Å². The van der Waals surface area contributed by atoms with E-state index in [0.717, 1.165) is 16.0 Å². The van der Waals surface area contributed by atoms with Gasteiger partial charge in [-0.2, -0.15) is 0 Å². The largest absolute Gasteiger partial charge is 0.464 e. The molecule has 32 heavy (non-hydrogen) atoms. The van der Waals surface area contributed by atoms with Gasteiger partial charge in [-0.05, 0) is 58.1 Å². The predicted octanol–water partition coefficient (Wildman–Crippen LogP) is 4.56. The number of amides is 2. The van der Waals surface area contributed by atoms with Crippen LogP contribution in [0.5, 0.6) is 0 Å². The number of likely N-dealkylation sites (tertiary alicyclic amines) is 1. The van der Waals surface area contributed by atoms with Crippen molar-refractivity contribution in [2.24, 2.45) is 5.41 Å². The summed E-state index contributed by atoms with van der Waals surface area (Å²) in [6.07, 6.45) is 0.157. The lowest BCUT2D eigenvalue weighted by Crippen LogP contribution is -2.47. The zero-order valence-corrected chi connectivity index (χ0v) is 19.2. The van der Waals surface area contributed by atoms with Crippen LogP contribution in [0.25, 0.3) is 0 Å². The molecule has 1 fully saturated rings. The summed E-state index contributed by atoms with van der Waals surface area (Å²) in [5.41, 5.74) is 0.147. The second-order valence-corrected chi connectivity index (χ2v) is 9.23. The zero-order valence-electron chi connectivity index (χ0n) is 19.2. The number of nitrogens with zero attached hydrogens (tertiary/aromatic N) is 1. The highest BCUT2D eigenvalue weighted by Crippen LogP contribution is 2.43. The molecule has 2 aromatic carbocycles. The van der Waals surface area contributed by atoms with Crippen molar-refractivity contribution in [3.05, 3.63) is 71.8 Å². The average Bonchev–Trinajstić information content (AvgIpc) is 3.01. The van der Waals surface area contributed by atoms with Crippen LogP contribution in [0, 0.1) is 5.41 Å². The Balaban J connectivity index is 2.05. The Morgan fingerprint density at radius 3 is 1.91 bits per heavy atom. The molecule has 6 heteroatoms. The second kappa shape index (κ2) is 9.55. The highest BCUT2D eigenvalue weighted by Gasteiger charge is 2.57. The van der Waals surface area contributed by atoms with Gasteiger partial charge in [0.15, 0.2) is 0 Å². The molecule has 0 unspecified atom stereocenters. The van der Waals surface area contributed by atoms with Crippen LogP contribution >= 0.6 is 0 Å². The molecule has 0 aliphatic carbocycles. The molecule has 1 aliphatic heterocycles. The van der Waals surface area contributed by atoms with E-state index in [4.69, 9.17) is 9.47 Å². The highest BCUT2D eigenvalue weighted by atomic mass is 16.6. The van der Waals surface area contributed by atoms with E-state index in [-0.39, 0.29) is 13.0 Å². The van der Waals surface area contributed by atoms with E-state index in [1.165, 1.54) is 0 Å². The summed E-state index contributed by atoms with van der Waals surface area (Å²) in [7, 11) is 0. The Kier molecular flexibility index (Phi) is 7.02. The Bertz CT molecular complexity index is 908. The van der Waals surface area contributed by atoms with Crippen LogP contribution < -0.4 is 0 Å². The van der Waals surface area contributed by atoms with Crippen molar-refractivity contribution >= 4 is 18.0 Å². The third-order valence-electron chi connectivity index (χ3n) is 5.49. The van der Waals surface area contributed by atoms with E-state index in [2.05, 4.69) is 0 Å². The predicted molar refractivity (Wildman–Crippen MR) is 121 cm³/mol. The summed E-state index contributed by atoms with van der Waals surface area (Å²) in [6, 6.07) is 18.3. The van der Waals surface area contributed by atoms with Gasteiger partial charge in [-0.15, -0.1) is 0 Å². The van der Waals surface area contributed by atoms with Gasteiger partial charge in [-0.3, -0.25) is 4.79 Å². The summed E-state index contributed by atoms with van der Waals surface area (Å²) < 4.78 is 10.7. The molecule has 1 saturated heterocycles. The van der Waals surface area contributed by atoms with E-state index in [1.807, 2.05) is 60.7 Å². The van der Waals surface area contributed by atoms with E-state index >= 15 is 0 Å². The molecular formula is C26H31NO5. The molecule has 0 N–H and O–H groups in total. The summed E-state index contributed by atoms with van der Waals surface area (Å²) in [5.74, 6) is -0.993. The number of hydrogen-bond donors (Lipinski definition) is 0. The minimum absolute atomic E-state index is 0.163. The van der Waals surface area contributed by atoms with Crippen molar-refractivity contribution in [3.8, 4) is 0 Å². The zero-order chi connectivity index (χ0) is 23.4. The lowest BCUT2D eigenvalue weighted by atomic mass is 9.74. The normalized spacial score (nSPS) is 17.8. The van der Waals surface area contributed by atoms with Crippen molar-refractivity contribution in [2.45, 2.75) is 58.6 Å². The molecule has 0 spiro atoms. The first-order chi connectivity index (χ1) is 15.1. The van der Waals surface area contributed by atoms with Crippen molar-refractivity contribution in [3.63, 3.8) is 0 Å². The first kappa shape index (κ1) is 23.5. The van der Waals surface area contributed by atoms with Gasteiger partial charge in [0.2, 0.25) is 5.91 Å². The lowest BCUT2D eigenvalue weighted by Gasteiger charge is -2.29. The summed E-state index contributed by atoms with van der Waals surface area (Å²) >= 11 is 0. The molecule has 1 aliphatic rings. The number of carbonyl (C=O) groups excluding carboxylic acids is 3. The molecule has 0 bridgehead atoms. The number of imide groups is 1. The molecular weight excluding hydrogens is 406 g/mol. The van der Waals surface area contributed by atoms with E-state index in [0.29, 0.717) is 12.8 Å². The van der Waals surface area contributed by atoms with Gasteiger partial charge in [-0.1, -0.05) is 60.7 Å². The first-order valence-corrected chi connectivity index (χ1v) is 11.0. The Morgan fingerprint density at radius 1 is 0.969 bits per heavy atom. The third kappa shape index (κ3) is 5.36. The van der Waals surface area contributed by atoms with Crippen molar-refractivity contribution in [1.29, 1.82) is 0 Å². The first-order valence-electron chi connectivity index (χ1n) is 11.0. The number of ether oxygens (including phenoxy) is 2. The highest BCUT2D eigenvalue weighted by molar-refractivity contribution is 6.03. The van der Waals surface area contributed by atoms with Crippen LogP contribution in [0.3, 0.4) is 0 Å². The fraction of sp³-hybridized carbons (Fsp3) is 0.423. The standard InChI is InChI=1S/C26H31NO5/c1-5-31-22(28)21-18-26(16-19-12-8-6-9-13-19,17-20-14-10-7-11-15-20)23(29)27(21)24(30)32-25(2,3)4/h6-15,21H,5,16-18H2,1-4H3/t21-/m0/s1. The molecule has 1 heterocycles. The Hall–Kier alpha value is -3.15. The van der Waals surface area contributed by atoms with Gasteiger partial charge in [0, 0.05) is 0 Å². The van der Waals surface area contributed by atoms with Crippen molar-refractivity contribution in [2.75, 3.05) is 6.61 Å². The van der Waals surface area contributed by atoms with Gasteiger partial charge < -0.3 is 9.47 Å². The van der Waals surface area contributed by atoms with Gasteiger partial charge in [0.25, 0.3) is 0 Å². The smallest absolute Gasteiger partial charge is 0.417 e. The SMILES string of the molecule is CCOC(=O)[C@@H]1CC(Cc2ccccc2)(Cc2ccccc2)C(=O)N1C(=O)OC(C)(C)C. The van der Waals surface area contributed by atoms with Crippen LogP contribution in [-0.4, -0.2) is 41.1 Å². The third-order valence-corrected chi connectivity index (χ3v) is 5.49. The maximum atomic E-state index is 13.9. The van der Waals surface area contributed by atoms with E-state index in [9.17, 15) is 14.4 Å². The van der Waals surface area contributed by atoms with Crippen LogP contribution in [0.15, 0.2) is 60.7 Å². The number of carbonyl (C=O) groups is 3.